The zero-order chi connectivity index (χ0) is 22.8. The van der Waals surface area contributed by atoms with E-state index in [4.69, 9.17) is 4.74 Å². The highest BCUT2D eigenvalue weighted by Gasteiger charge is 2.37. The van der Waals surface area contributed by atoms with Gasteiger partial charge in [0.05, 0.1) is 18.9 Å². The molecule has 3 aromatic carbocycles. The van der Waals surface area contributed by atoms with Crippen LogP contribution in [0.25, 0.3) is 0 Å². The number of nitrogens with one attached hydrogen (secondary N) is 2. The van der Waals surface area contributed by atoms with Gasteiger partial charge in [0.25, 0.3) is 5.91 Å². The van der Waals surface area contributed by atoms with Crippen molar-refractivity contribution in [3.05, 3.63) is 107 Å². The lowest BCUT2D eigenvalue weighted by molar-refractivity contribution is 0.0955. The van der Waals surface area contributed by atoms with Crippen molar-refractivity contribution in [3.63, 3.8) is 0 Å². The summed E-state index contributed by atoms with van der Waals surface area (Å²) in [5.41, 5.74) is 8.75. The molecule has 3 aromatic rings. The molecule has 1 heterocycles. The summed E-state index contributed by atoms with van der Waals surface area (Å²) in [6, 6.07) is 24.3. The topological polar surface area (TPSA) is 62.7 Å². The first-order valence-electron chi connectivity index (χ1n) is 11.2. The molecule has 3 atom stereocenters. The zero-order valence-corrected chi connectivity index (χ0v) is 18.8. The molecule has 0 aromatic heterocycles. The molecule has 0 radical (unpaired) electrons. The van der Waals surface area contributed by atoms with Crippen molar-refractivity contribution in [2.24, 2.45) is 11.0 Å². The Labute approximate surface area is 194 Å². The minimum absolute atomic E-state index is 0.249. The highest BCUT2D eigenvalue weighted by Crippen LogP contribution is 2.49. The zero-order valence-electron chi connectivity index (χ0n) is 18.8. The van der Waals surface area contributed by atoms with E-state index in [2.05, 4.69) is 76.5 Å². The average molecular weight is 438 g/mol. The van der Waals surface area contributed by atoms with E-state index in [1.54, 1.807) is 31.4 Å². The third-order valence-corrected chi connectivity index (χ3v) is 6.62. The smallest absolute Gasteiger partial charge is 0.271 e. The SMILES string of the molecule is COc1ccc(C(=O)N/N=C(/C)c2ccc3c(c2)[C@@H]2C=CC[C@@H]2[C@@H](c2ccccc2)N3)cc1. The number of hydrogen-bond acceptors (Lipinski definition) is 4. The Morgan fingerprint density at radius 1 is 1.03 bits per heavy atom. The summed E-state index contributed by atoms with van der Waals surface area (Å²) in [4.78, 5) is 12.5. The molecular formula is C28H27N3O2. The van der Waals surface area contributed by atoms with Gasteiger partial charge in [0, 0.05) is 17.2 Å². The van der Waals surface area contributed by atoms with Crippen LogP contribution in [0, 0.1) is 5.92 Å². The maximum absolute atomic E-state index is 12.5. The van der Waals surface area contributed by atoms with Crippen LogP contribution in [0.3, 0.4) is 0 Å². The van der Waals surface area contributed by atoms with Crippen LogP contribution in [-0.4, -0.2) is 18.7 Å². The van der Waals surface area contributed by atoms with Gasteiger partial charge in [0.15, 0.2) is 0 Å². The summed E-state index contributed by atoms with van der Waals surface area (Å²) in [6.45, 7) is 1.92. The fourth-order valence-electron chi connectivity index (χ4n) is 4.82. The van der Waals surface area contributed by atoms with Gasteiger partial charge in [-0.15, -0.1) is 0 Å². The van der Waals surface area contributed by atoms with Crippen LogP contribution < -0.4 is 15.5 Å². The van der Waals surface area contributed by atoms with E-state index in [1.807, 2.05) is 6.92 Å². The highest BCUT2D eigenvalue weighted by atomic mass is 16.5. The minimum atomic E-state index is -0.249. The van der Waals surface area contributed by atoms with Gasteiger partial charge in [-0.05, 0) is 72.4 Å². The Hall–Kier alpha value is -3.86. The molecule has 0 fully saturated rings. The van der Waals surface area contributed by atoms with Crippen molar-refractivity contribution in [1.82, 2.24) is 5.43 Å². The van der Waals surface area contributed by atoms with Gasteiger partial charge < -0.3 is 10.1 Å². The number of fused-ring (bicyclic) bond motifs is 3. The largest absolute Gasteiger partial charge is 0.497 e. The number of carbonyl (C=O) groups excluding carboxylic acids is 1. The summed E-state index contributed by atoms with van der Waals surface area (Å²) >= 11 is 0. The number of rotatable bonds is 5. The van der Waals surface area contributed by atoms with E-state index < -0.39 is 0 Å². The predicted molar refractivity (Wildman–Crippen MR) is 132 cm³/mol. The van der Waals surface area contributed by atoms with E-state index in [-0.39, 0.29) is 5.91 Å². The Morgan fingerprint density at radius 3 is 2.55 bits per heavy atom. The first-order chi connectivity index (χ1) is 16.1. The molecule has 0 bridgehead atoms. The van der Waals surface area contributed by atoms with Crippen LogP contribution in [0.1, 0.15) is 52.4 Å². The second-order valence-corrected chi connectivity index (χ2v) is 8.55. The van der Waals surface area contributed by atoms with Crippen LogP contribution >= 0.6 is 0 Å². The second kappa shape index (κ2) is 8.94. The molecule has 1 amide bonds. The number of anilines is 1. The Bertz CT molecular complexity index is 1220. The Morgan fingerprint density at radius 2 is 1.79 bits per heavy atom. The van der Waals surface area contributed by atoms with E-state index >= 15 is 0 Å². The number of carbonyl (C=O) groups is 1. The standard InChI is InChI=1S/C28H27N3O2/c1-18(30-31-28(32)20-11-14-22(33-2)15-12-20)21-13-16-26-25(17-21)23-9-6-10-24(23)27(29-26)19-7-4-3-5-8-19/h3-9,11-17,23-24,27,29H,10H2,1-2H3,(H,31,32)/b30-18-/t23-,24+,27-/m1/s1. The van der Waals surface area contributed by atoms with Gasteiger partial charge in [0.2, 0.25) is 0 Å². The van der Waals surface area contributed by atoms with Crippen molar-refractivity contribution in [1.29, 1.82) is 0 Å². The van der Waals surface area contributed by atoms with Crippen molar-refractivity contribution < 1.29 is 9.53 Å². The lowest BCUT2D eigenvalue weighted by atomic mass is 9.76. The third kappa shape index (κ3) is 4.14. The molecular weight excluding hydrogens is 410 g/mol. The van der Waals surface area contributed by atoms with Gasteiger partial charge in [0.1, 0.15) is 5.75 Å². The van der Waals surface area contributed by atoms with Crippen molar-refractivity contribution in [3.8, 4) is 5.75 Å². The molecule has 0 spiro atoms. The van der Waals surface area contributed by atoms with Gasteiger partial charge in [-0.2, -0.15) is 5.10 Å². The molecule has 1 aliphatic heterocycles. The van der Waals surface area contributed by atoms with E-state index in [1.165, 1.54) is 11.1 Å². The highest BCUT2D eigenvalue weighted by molar-refractivity contribution is 6.01. The molecule has 0 saturated heterocycles. The van der Waals surface area contributed by atoms with Crippen LogP contribution in [0.4, 0.5) is 5.69 Å². The fourth-order valence-corrected chi connectivity index (χ4v) is 4.82. The van der Waals surface area contributed by atoms with Crippen LogP contribution in [-0.2, 0) is 0 Å². The fraction of sp³-hybridized carbons (Fsp3) is 0.214. The molecule has 5 heteroatoms. The Kier molecular flexibility index (Phi) is 5.69. The Balaban J connectivity index is 1.36. The van der Waals surface area contributed by atoms with E-state index in [9.17, 15) is 4.79 Å². The third-order valence-electron chi connectivity index (χ3n) is 6.62. The summed E-state index contributed by atoms with van der Waals surface area (Å²) in [5, 5.41) is 8.13. The molecule has 2 aliphatic rings. The van der Waals surface area contributed by atoms with Crippen LogP contribution in [0.5, 0.6) is 5.75 Å². The number of allylic oxidation sites excluding steroid dienone is 2. The lowest BCUT2D eigenvalue weighted by Gasteiger charge is -2.37. The molecule has 0 unspecified atom stereocenters. The lowest BCUT2D eigenvalue weighted by Crippen LogP contribution is -2.29. The summed E-state index contributed by atoms with van der Waals surface area (Å²) < 4.78 is 5.14. The van der Waals surface area contributed by atoms with Crippen molar-refractivity contribution >= 4 is 17.3 Å². The van der Waals surface area contributed by atoms with Crippen molar-refractivity contribution in [2.75, 3.05) is 12.4 Å². The summed E-state index contributed by atoms with van der Waals surface area (Å²) in [7, 11) is 1.60. The first kappa shape index (κ1) is 21.0. The second-order valence-electron chi connectivity index (χ2n) is 8.55. The number of hydrazone groups is 1. The quantitative estimate of drug-likeness (QED) is 0.307. The molecule has 166 valence electrons. The number of ether oxygens (including phenoxy) is 1. The summed E-state index contributed by atoms with van der Waals surface area (Å²) in [6.07, 6.45) is 5.69. The maximum Gasteiger partial charge on any atom is 0.271 e. The van der Waals surface area contributed by atoms with Crippen molar-refractivity contribution in [2.45, 2.75) is 25.3 Å². The van der Waals surface area contributed by atoms with Gasteiger partial charge >= 0.3 is 0 Å². The van der Waals surface area contributed by atoms with Crippen LogP contribution in [0.2, 0.25) is 0 Å². The predicted octanol–water partition coefficient (Wildman–Crippen LogP) is 5.68. The number of nitrogens with zero attached hydrogens (tertiary/aromatic N) is 1. The average Bonchev–Trinajstić information content (AvgIpc) is 3.37. The molecule has 33 heavy (non-hydrogen) atoms. The number of benzene rings is 3. The number of hydrogen-bond donors (Lipinski definition) is 2. The minimum Gasteiger partial charge on any atom is -0.497 e. The molecule has 0 saturated carbocycles. The van der Waals surface area contributed by atoms with Gasteiger partial charge in [-0.1, -0.05) is 48.6 Å². The molecule has 5 rings (SSSR count). The van der Waals surface area contributed by atoms with E-state index in [0.29, 0.717) is 29.2 Å². The monoisotopic (exact) mass is 437 g/mol. The normalized spacial score (nSPS) is 21.0. The van der Waals surface area contributed by atoms with Gasteiger partial charge in [-0.3, -0.25) is 4.79 Å². The van der Waals surface area contributed by atoms with E-state index in [0.717, 1.165) is 23.4 Å². The molecule has 5 nitrogen and oxygen atoms in total. The van der Waals surface area contributed by atoms with Crippen LogP contribution in [0.15, 0.2) is 90.0 Å². The maximum atomic E-state index is 12.5. The van der Waals surface area contributed by atoms with Gasteiger partial charge in [-0.25, -0.2) is 5.43 Å². The number of methoxy groups -OCH3 is 1. The summed E-state index contributed by atoms with van der Waals surface area (Å²) in [5.74, 6) is 1.32. The number of amides is 1. The first-order valence-corrected chi connectivity index (χ1v) is 11.2. The molecule has 2 N–H and O–H groups in total. The molecule has 1 aliphatic carbocycles.